The summed E-state index contributed by atoms with van der Waals surface area (Å²) in [6, 6.07) is 0.873. The molecule has 0 unspecified atom stereocenters. The molecule has 5 heteroatoms. The van der Waals surface area contributed by atoms with Gasteiger partial charge < -0.3 is 10.6 Å². The molecule has 0 bridgehead atoms. The van der Waals surface area contributed by atoms with Crippen molar-refractivity contribution in [3.05, 3.63) is 18.0 Å². The van der Waals surface area contributed by atoms with Crippen molar-refractivity contribution in [2.24, 2.45) is 5.73 Å². The maximum atomic E-state index is 5.54. The molecule has 2 heterocycles. The Morgan fingerprint density at radius 1 is 1.12 bits per heavy atom. The quantitative estimate of drug-likeness (QED) is 0.809. The van der Waals surface area contributed by atoms with E-state index < -0.39 is 0 Å². The largest absolute Gasteiger partial charge is 0.338 e. The molecule has 0 aromatic carbocycles. The Morgan fingerprint density at radius 2 is 1.76 bits per heavy atom. The molecule has 2 aliphatic rings. The summed E-state index contributed by atoms with van der Waals surface area (Å²) >= 11 is 0. The number of hydrogen-bond donors (Lipinski definition) is 1. The summed E-state index contributed by atoms with van der Waals surface area (Å²) in [6.07, 6.45) is 6.44. The summed E-state index contributed by atoms with van der Waals surface area (Å²) in [4.78, 5) is 13.6. The van der Waals surface area contributed by atoms with Gasteiger partial charge in [-0.05, 0) is 12.8 Å². The zero-order chi connectivity index (χ0) is 11.7. The number of nitrogens with two attached hydrogens (primary N) is 1. The lowest BCUT2D eigenvalue weighted by Crippen LogP contribution is -2.47. The van der Waals surface area contributed by atoms with Gasteiger partial charge in [0.05, 0.1) is 0 Å². The van der Waals surface area contributed by atoms with Crippen LogP contribution in [-0.2, 0) is 6.54 Å². The summed E-state index contributed by atoms with van der Waals surface area (Å²) in [6.45, 7) is 4.88. The standard InChI is InChI=1S/C12H19N5/c13-7-10-8-14-12(15-9-10)17-5-3-16(4-6-17)11-1-2-11/h8-9,11H,1-7,13H2. The molecule has 1 aliphatic carbocycles. The van der Waals surface area contributed by atoms with E-state index in [2.05, 4.69) is 19.8 Å². The van der Waals surface area contributed by atoms with Gasteiger partial charge in [-0.25, -0.2) is 9.97 Å². The van der Waals surface area contributed by atoms with Gasteiger partial charge in [-0.3, -0.25) is 4.90 Å². The molecule has 5 nitrogen and oxygen atoms in total. The lowest BCUT2D eigenvalue weighted by atomic mass is 10.3. The Labute approximate surface area is 102 Å². The molecule has 1 saturated heterocycles. The Bertz CT molecular complexity index is 365. The van der Waals surface area contributed by atoms with Gasteiger partial charge in [0.25, 0.3) is 0 Å². The van der Waals surface area contributed by atoms with Crippen LogP contribution in [0.3, 0.4) is 0 Å². The maximum absolute atomic E-state index is 5.54. The maximum Gasteiger partial charge on any atom is 0.225 e. The number of nitrogens with zero attached hydrogens (tertiary/aromatic N) is 4. The van der Waals surface area contributed by atoms with E-state index in [1.807, 2.05) is 12.4 Å². The molecule has 0 radical (unpaired) electrons. The first-order valence-corrected chi connectivity index (χ1v) is 6.37. The second kappa shape index (κ2) is 4.58. The van der Waals surface area contributed by atoms with Crippen molar-refractivity contribution < 1.29 is 0 Å². The van der Waals surface area contributed by atoms with Crippen LogP contribution in [0.1, 0.15) is 18.4 Å². The zero-order valence-corrected chi connectivity index (χ0v) is 10.0. The van der Waals surface area contributed by atoms with Gasteiger partial charge in [0.1, 0.15) is 0 Å². The van der Waals surface area contributed by atoms with E-state index in [1.54, 1.807) is 0 Å². The second-order valence-electron chi connectivity index (χ2n) is 4.85. The predicted octanol–water partition coefficient (Wildman–Crippen LogP) is 0.220. The highest BCUT2D eigenvalue weighted by molar-refractivity contribution is 5.30. The van der Waals surface area contributed by atoms with Crippen molar-refractivity contribution in [1.29, 1.82) is 0 Å². The molecular weight excluding hydrogens is 214 g/mol. The molecule has 1 aliphatic heterocycles. The van der Waals surface area contributed by atoms with Crippen molar-refractivity contribution in [1.82, 2.24) is 14.9 Å². The molecule has 0 amide bonds. The molecule has 2 N–H and O–H groups in total. The van der Waals surface area contributed by atoms with Crippen molar-refractivity contribution in [3.8, 4) is 0 Å². The highest BCUT2D eigenvalue weighted by Crippen LogP contribution is 2.27. The molecule has 2 fully saturated rings. The van der Waals surface area contributed by atoms with Crippen LogP contribution >= 0.6 is 0 Å². The van der Waals surface area contributed by atoms with E-state index in [9.17, 15) is 0 Å². The van der Waals surface area contributed by atoms with Crippen LogP contribution in [0.2, 0.25) is 0 Å². The van der Waals surface area contributed by atoms with Crippen LogP contribution in [0, 0.1) is 0 Å². The van der Waals surface area contributed by atoms with Gasteiger partial charge in [0.2, 0.25) is 5.95 Å². The topological polar surface area (TPSA) is 58.3 Å². The van der Waals surface area contributed by atoms with E-state index >= 15 is 0 Å². The fourth-order valence-corrected chi connectivity index (χ4v) is 2.34. The van der Waals surface area contributed by atoms with Crippen molar-refractivity contribution in [2.45, 2.75) is 25.4 Å². The molecule has 1 aromatic heterocycles. The Kier molecular flexibility index (Phi) is 2.94. The summed E-state index contributed by atoms with van der Waals surface area (Å²) in [5, 5.41) is 0. The van der Waals surface area contributed by atoms with Crippen LogP contribution in [0.25, 0.3) is 0 Å². The van der Waals surface area contributed by atoms with Crippen LogP contribution in [0.5, 0.6) is 0 Å². The third-order valence-electron chi connectivity index (χ3n) is 3.59. The van der Waals surface area contributed by atoms with Crippen molar-refractivity contribution in [2.75, 3.05) is 31.1 Å². The normalized spacial score (nSPS) is 21.8. The van der Waals surface area contributed by atoms with Crippen molar-refractivity contribution >= 4 is 5.95 Å². The van der Waals surface area contributed by atoms with Crippen LogP contribution in [0.4, 0.5) is 5.95 Å². The van der Waals surface area contributed by atoms with E-state index in [4.69, 9.17) is 5.73 Å². The van der Waals surface area contributed by atoms with E-state index in [0.717, 1.165) is 43.7 Å². The smallest absolute Gasteiger partial charge is 0.225 e. The third-order valence-corrected chi connectivity index (χ3v) is 3.59. The van der Waals surface area contributed by atoms with E-state index in [-0.39, 0.29) is 0 Å². The molecule has 1 aromatic rings. The average molecular weight is 233 g/mol. The molecule has 0 atom stereocenters. The van der Waals surface area contributed by atoms with Crippen LogP contribution < -0.4 is 10.6 Å². The Hall–Kier alpha value is -1.20. The van der Waals surface area contributed by atoms with E-state index in [1.165, 1.54) is 12.8 Å². The minimum atomic E-state index is 0.510. The molecule has 3 rings (SSSR count). The first kappa shape index (κ1) is 10.9. The molecular formula is C12H19N5. The lowest BCUT2D eigenvalue weighted by molar-refractivity contribution is 0.247. The van der Waals surface area contributed by atoms with Gasteiger partial charge in [0.15, 0.2) is 0 Å². The first-order valence-electron chi connectivity index (χ1n) is 6.37. The number of aromatic nitrogens is 2. The highest BCUT2D eigenvalue weighted by atomic mass is 15.3. The first-order chi connectivity index (χ1) is 8.36. The Balaban J connectivity index is 1.60. The summed E-state index contributed by atoms with van der Waals surface area (Å²) < 4.78 is 0. The third kappa shape index (κ3) is 2.40. The minimum absolute atomic E-state index is 0.510. The SMILES string of the molecule is NCc1cnc(N2CCN(C3CC3)CC2)nc1. The summed E-state index contributed by atoms with van der Waals surface area (Å²) in [7, 11) is 0. The van der Waals surface area contributed by atoms with Gasteiger partial charge in [-0.15, -0.1) is 0 Å². The second-order valence-corrected chi connectivity index (χ2v) is 4.85. The zero-order valence-electron chi connectivity index (χ0n) is 10.0. The molecule has 0 spiro atoms. The number of anilines is 1. The minimum Gasteiger partial charge on any atom is -0.338 e. The average Bonchev–Trinajstić information content (AvgIpc) is 3.24. The van der Waals surface area contributed by atoms with Gasteiger partial charge in [-0.1, -0.05) is 0 Å². The highest BCUT2D eigenvalue weighted by Gasteiger charge is 2.31. The summed E-state index contributed by atoms with van der Waals surface area (Å²) in [5.74, 6) is 0.845. The molecule has 92 valence electrons. The number of hydrogen-bond acceptors (Lipinski definition) is 5. The fraction of sp³-hybridized carbons (Fsp3) is 0.667. The molecule has 17 heavy (non-hydrogen) atoms. The monoisotopic (exact) mass is 233 g/mol. The van der Waals surface area contributed by atoms with Crippen LogP contribution in [0.15, 0.2) is 12.4 Å². The van der Waals surface area contributed by atoms with Gasteiger partial charge >= 0.3 is 0 Å². The Morgan fingerprint density at radius 3 is 2.29 bits per heavy atom. The van der Waals surface area contributed by atoms with Crippen LogP contribution in [-0.4, -0.2) is 47.1 Å². The number of piperazine rings is 1. The summed E-state index contributed by atoms with van der Waals surface area (Å²) in [5.41, 5.74) is 6.53. The fourth-order valence-electron chi connectivity index (χ4n) is 2.34. The van der Waals surface area contributed by atoms with Gasteiger partial charge in [-0.2, -0.15) is 0 Å². The van der Waals surface area contributed by atoms with Gasteiger partial charge in [0, 0.05) is 56.7 Å². The lowest BCUT2D eigenvalue weighted by Gasteiger charge is -2.34. The number of rotatable bonds is 3. The molecule has 1 saturated carbocycles. The van der Waals surface area contributed by atoms with E-state index in [0.29, 0.717) is 6.54 Å². The van der Waals surface area contributed by atoms with Crippen molar-refractivity contribution in [3.63, 3.8) is 0 Å². The predicted molar refractivity (Wildman–Crippen MR) is 66.7 cm³/mol.